The molecule has 0 aliphatic heterocycles. The number of methoxy groups -OCH3 is 1. The second-order valence-corrected chi connectivity index (χ2v) is 5.67. The molecule has 0 unspecified atom stereocenters. The van der Waals surface area contributed by atoms with Crippen LogP contribution in [0.5, 0.6) is 5.75 Å². The lowest BCUT2D eigenvalue weighted by Gasteiger charge is -2.11. The SMILES string of the molecule is COc1cc2ccccc2cc1C(=O)NCc1ccc(C)c(F)c1. The molecule has 0 aromatic heterocycles. The van der Waals surface area contributed by atoms with E-state index in [0.717, 1.165) is 10.8 Å². The van der Waals surface area contributed by atoms with Crippen molar-refractivity contribution in [1.82, 2.24) is 5.32 Å². The van der Waals surface area contributed by atoms with Gasteiger partial charge in [-0.2, -0.15) is 0 Å². The van der Waals surface area contributed by atoms with Crippen molar-refractivity contribution in [3.63, 3.8) is 0 Å². The zero-order valence-electron chi connectivity index (χ0n) is 13.6. The Morgan fingerprint density at radius 1 is 1.08 bits per heavy atom. The summed E-state index contributed by atoms with van der Waals surface area (Å²) in [4.78, 5) is 12.5. The van der Waals surface area contributed by atoms with E-state index in [1.807, 2.05) is 30.3 Å². The monoisotopic (exact) mass is 323 g/mol. The third-order valence-electron chi connectivity index (χ3n) is 4.00. The fourth-order valence-electron chi connectivity index (χ4n) is 2.59. The van der Waals surface area contributed by atoms with Gasteiger partial charge in [0.05, 0.1) is 12.7 Å². The number of hydrogen-bond acceptors (Lipinski definition) is 2. The van der Waals surface area contributed by atoms with Crippen LogP contribution in [0.2, 0.25) is 0 Å². The lowest BCUT2D eigenvalue weighted by molar-refractivity contribution is 0.0948. The van der Waals surface area contributed by atoms with Crippen LogP contribution in [-0.4, -0.2) is 13.0 Å². The van der Waals surface area contributed by atoms with E-state index in [1.165, 1.54) is 13.2 Å². The Morgan fingerprint density at radius 2 is 1.79 bits per heavy atom. The Bertz CT molecular complexity index is 905. The predicted octanol–water partition coefficient (Wildman–Crippen LogP) is 4.23. The maximum atomic E-state index is 13.6. The number of hydrogen-bond donors (Lipinski definition) is 1. The van der Waals surface area contributed by atoms with Crippen molar-refractivity contribution in [3.05, 3.63) is 77.1 Å². The number of rotatable bonds is 4. The van der Waals surface area contributed by atoms with Crippen LogP contribution in [0.25, 0.3) is 10.8 Å². The molecular formula is C20H18FNO2. The van der Waals surface area contributed by atoms with Crippen LogP contribution in [0, 0.1) is 12.7 Å². The molecule has 0 bridgehead atoms. The largest absolute Gasteiger partial charge is 0.496 e. The molecule has 0 fully saturated rings. The number of benzene rings is 3. The summed E-state index contributed by atoms with van der Waals surface area (Å²) >= 11 is 0. The number of aryl methyl sites for hydroxylation is 1. The highest BCUT2D eigenvalue weighted by Crippen LogP contribution is 2.26. The molecule has 0 atom stereocenters. The number of carbonyl (C=O) groups is 1. The summed E-state index contributed by atoms with van der Waals surface area (Å²) < 4.78 is 18.9. The Morgan fingerprint density at radius 3 is 2.46 bits per heavy atom. The topological polar surface area (TPSA) is 38.3 Å². The first-order valence-electron chi connectivity index (χ1n) is 7.68. The van der Waals surface area contributed by atoms with Gasteiger partial charge in [-0.25, -0.2) is 4.39 Å². The normalized spacial score (nSPS) is 10.6. The van der Waals surface area contributed by atoms with E-state index in [4.69, 9.17) is 4.74 Å². The van der Waals surface area contributed by atoms with Crippen molar-refractivity contribution in [1.29, 1.82) is 0 Å². The zero-order chi connectivity index (χ0) is 17.1. The summed E-state index contributed by atoms with van der Waals surface area (Å²) in [5, 5.41) is 4.78. The van der Waals surface area contributed by atoms with Gasteiger partial charge in [-0.3, -0.25) is 4.79 Å². The molecule has 0 saturated heterocycles. The highest BCUT2D eigenvalue weighted by molar-refractivity contribution is 6.01. The van der Waals surface area contributed by atoms with Gasteiger partial charge < -0.3 is 10.1 Å². The van der Waals surface area contributed by atoms with Crippen molar-refractivity contribution in [2.75, 3.05) is 7.11 Å². The third-order valence-corrected chi connectivity index (χ3v) is 4.00. The minimum absolute atomic E-state index is 0.251. The van der Waals surface area contributed by atoms with E-state index in [2.05, 4.69) is 5.32 Å². The first-order valence-corrected chi connectivity index (χ1v) is 7.68. The van der Waals surface area contributed by atoms with Crippen molar-refractivity contribution in [2.24, 2.45) is 0 Å². The fraction of sp³-hybridized carbons (Fsp3) is 0.150. The molecule has 1 amide bonds. The van der Waals surface area contributed by atoms with Gasteiger partial charge in [0.1, 0.15) is 11.6 Å². The molecule has 3 rings (SSSR count). The maximum absolute atomic E-state index is 13.6. The highest BCUT2D eigenvalue weighted by Gasteiger charge is 2.13. The van der Waals surface area contributed by atoms with Crippen molar-refractivity contribution in [2.45, 2.75) is 13.5 Å². The molecule has 122 valence electrons. The summed E-state index contributed by atoms with van der Waals surface area (Å²) in [6.07, 6.45) is 0. The lowest BCUT2D eigenvalue weighted by atomic mass is 10.1. The molecule has 24 heavy (non-hydrogen) atoms. The van der Waals surface area contributed by atoms with Gasteiger partial charge in [0, 0.05) is 6.54 Å². The molecule has 3 nitrogen and oxygen atoms in total. The first-order chi connectivity index (χ1) is 11.6. The summed E-state index contributed by atoms with van der Waals surface area (Å²) in [7, 11) is 1.54. The Kier molecular flexibility index (Phi) is 4.47. The fourth-order valence-corrected chi connectivity index (χ4v) is 2.59. The van der Waals surface area contributed by atoms with Crippen molar-refractivity contribution >= 4 is 16.7 Å². The molecule has 0 heterocycles. The molecule has 0 saturated carbocycles. The molecule has 3 aromatic rings. The van der Waals surface area contributed by atoms with Gasteiger partial charge in [0.2, 0.25) is 0 Å². The highest BCUT2D eigenvalue weighted by atomic mass is 19.1. The summed E-state index contributed by atoms with van der Waals surface area (Å²) in [5.74, 6) is -0.00934. The third kappa shape index (κ3) is 3.23. The number of halogens is 1. The van der Waals surface area contributed by atoms with Gasteiger partial charge in [-0.05, 0) is 47.0 Å². The number of ether oxygens (including phenoxy) is 1. The smallest absolute Gasteiger partial charge is 0.255 e. The van der Waals surface area contributed by atoms with Crippen molar-refractivity contribution < 1.29 is 13.9 Å². The van der Waals surface area contributed by atoms with E-state index < -0.39 is 0 Å². The summed E-state index contributed by atoms with van der Waals surface area (Å²) in [5.41, 5.74) is 1.76. The number of amides is 1. The van der Waals surface area contributed by atoms with Crippen LogP contribution in [0.3, 0.4) is 0 Å². The van der Waals surface area contributed by atoms with Crippen LogP contribution < -0.4 is 10.1 Å². The minimum Gasteiger partial charge on any atom is -0.496 e. The molecule has 4 heteroatoms. The summed E-state index contributed by atoms with van der Waals surface area (Å²) in [6.45, 7) is 1.96. The summed E-state index contributed by atoms with van der Waals surface area (Å²) in [6, 6.07) is 16.4. The lowest BCUT2D eigenvalue weighted by Crippen LogP contribution is -2.23. The Hall–Kier alpha value is -2.88. The minimum atomic E-state index is -0.273. The molecule has 0 spiro atoms. The van der Waals surface area contributed by atoms with Crippen molar-refractivity contribution in [3.8, 4) is 5.75 Å². The molecule has 0 aliphatic carbocycles. The second-order valence-electron chi connectivity index (χ2n) is 5.67. The molecule has 0 radical (unpaired) electrons. The first kappa shape index (κ1) is 16.0. The Labute approximate surface area is 140 Å². The van der Waals surface area contributed by atoms with Gasteiger partial charge in [-0.1, -0.05) is 36.4 Å². The number of carbonyl (C=O) groups excluding carboxylic acids is 1. The molecule has 3 aromatic carbocycles. The number of fused-ring (bicyclic) bond motifs is 1. The second kappa shape index (κ2) is 6.71. The van der Waals surface area contributed by atoms with Crippen LogP contribution in [0.4, 0.5) is 4.39 Å². The zero-order valence-corrected chi connectivity index (χ0v) is 13.6. The quantitative estimate of drug-likeness (QED) is 0.780. The van der Waals surface area contributed by atoms with Gasteiger partial charge in [0.15, 0.2) is 0 Å². The predicted molar refractivity (Wildman–Crippen MR) is 92.8 cm³/mol. The van der Waals surface area contributed by atoms with Gasteiger partial charge >= 0.3 is 0 Å². The molecule has 0 aliphatic rings. The molecule has 1 N–H and O–H groups in total. The van der Waals surface area contributed by atoms with Crippen LogP contribution in [-0.2, 0) is 6.54 Å². The van der Waals surface area contributed by atoms with Gasteiger partial charge in [0.25, 0.3) is 5.91 Å². The van der Waals surface area contributed by atoms with Crippen LogP contribution in [0.15, 0.2) is 54.6 Å². The maximum Gasteiger partial charge on any atom is 0.255 e. The van der Waals surface area contributed by atoms with E-state index in [0.29, 0.717) is 22.4 Å². The average Bonchev–Trinajstić information content (AvgIpc) is 2.61. The van der Waals surface area contributed by atoms with Gasteiger partial charge in [-0.15, -0.1) is 0 Å². The van der Waals surface area contributed by atoms with E-state index in [-0.39, 0.29) is 18.3 Å². The number of nitrogens with one attached hydrogen (secondary N) is 1. The van der Waals surface area contributed by atoms with E-state index in [1.54, 1.807) is 25.1 Å². The average molecular weight is 323 g/mol. The molecular weight excluding hydrogens is 305 g/mol. The van der Waals surface area contributed by atoms with E-state index >= 15 is 0 Å². The Balaban J connectivity index is 1.83. The van der Waals surface area contributed by atoms with E-state index in [9.17, 15) is 9.18 Å². The van der Waals surface area contributed by atoms with Crippen LogP contribution in [0.1, 0.15) is 21.5 Å². The van der Waals surface area contributed by atoms with Crippen LogP contribution >= 0.6 is 0 Å². The standard InChI is InChI=1S/C20H18FNO2/c1-13-7-8-14(9-18(13)21)12-22-20(23)17-10-15-5-3-4-6-16(15)11-19(17)24-2/h3-11H,12H2,1-2H3,(H,22,23).